The Labute approximate surface area is 130 Å². The Balaban J connectivity index is 5.33. The zero-order valence-electron chi connectivity index (χ0n) is 9.24. The van der Waals surface area contributed by atoms with Gasteiger partial charge in [0, 0.05) is 0 Å². The van der Waals surface area contributed by atoms with Crippen LogP contribution in [0.25, 0.3) is 4.85 Å². The lowest BCUT2D eigenvalue weighted by molar-refractivity contribution is -0.138. The first-order valence-electron chi connectivity index (χ1n) is 4.33. The van der Waals surface area contributed by atoms with Gasteiger partial charge in [-0.25, -0.2) is 4.85 Å². The zero-order valence-corrected chi connectivity index (χ0v) is 14.8. The molecule has 0 heterocycles. The summed E-state index contributed by atoms with van der Waals surface area (Å²) < 4.78 is 30.7. The lowest BCUT2D eigenvalue weighted by Crippen LogP contribution is -2.21. The number of rotatable bonds is 4. The summed E-state index contributed by atoms with van der Waals surface area (Å²) in [5, 5.41) is 0. The van der Waals surface area contributed by atoms with Crippen molar-refractivity contribution in [3.05, 3.63) is 22.9 Å². The van der Waals surface area contributed by atoms with Crippen LogP contribution in [0, 0.1) is 6.57 Å². The number of hydrogen-bond donors (Lipinski definition) is 0. The van der Waals surface area contributed by atoms with E-state index in [9.17, 15) is 13.2 Å². The van der Waals surface area contributed by atoms with Crippen molar-refractivity contribution >= 4 is 63.9 Å². The minimum atomic E-state index is -4.16. The molecule has 0 unspecified atom stereocenters. The second-order valence-electron chi connectivity index (χ2n) is 2.72. The molecule has 0 aliphatic rings. The van der Waals surface area contributed by atoms with Gasteiger partial charge in [-0.05, 0) is 61.6 Å². The molecular weight excluding hydrogens is 462 g/mol. The van der Waals surface area contributed by atoms with E-state index in [2.05, 4.69) is 61.6 Å². The van der Waals surface area contributed by atoms with Gasteiger partial charge in [-0.2, -0.15) is 8.42 Å². The molecule has 0 aromatic rings. The van der Waals surface area contributed by atoms with Crippen molar-refractivity contribution in [1.29, 1.82) is 0 Å². The van der Waals surface area contributed by atoms with Gasteiger partial charge < -0.3 is 8.92 Å². The third kappa shape index (κ3) is 4.87. The summed E-state index contributed by atoms with van der Waals surface area (Å²) in [5.41, 5.74) is -0.530. The number of ether oxygens (including phenoxy) is 1. The second kappa shape index (κ2) is 6.88. The highest BCUT2D eigenvalue weighted by Gasteiger charge is 2.39. The number of halogens is 3. The molecule has 0 aliphatic carbocycles. The normalized spacial score (nSPS) is 13.3. The highest BCUT2D eigenvalue weighted by atomic mass is 80.0. The third-order valence-electron chi connectivity index (χ3n) is 1.43. The topological polar surface area (TPSA) is 74.0 Å². The standard InChI is InChI=1S/C8H8Br3NO5S/c1-4-16-7(13)6(12-3)5(2)17-18(14,15)8(9,10)11/h4H2,1-2H3. The maximum Gasteiger partial charge on any atom is 0.344 e. The van der Waals surface area contributed by atoms with E-state index in [1.165, 1.54) is 6.92 Å². The first-order valence-corrected chi connectivity index (χ1v) is 8.11. The van der Waals surface area contributed by atoms with Crippen LogP contribution in [0.4, 0.5) is 0 Å². The first kappa shape index (κ1) is 17.9. The molecule has 0 amide bonds. The summed E-state index contributed by atoms with van der Waals surface area (Å²) in [6.07, 6.45) is 0. The molecule has 6 nitrogen and oxygen atoms in total. The van der Waals surface area contributed by atoms with Crippen LogP contribution >= 0.6 is 47.8 Å². The van der Waals surface area contributed by atoms with Gasteiger partial charge in [0.2, 0.25) is 0 Å². The summed E-state index contributed by atoms with van der Waals surface area (Å²) in [6.45, 7) is 9.63. The third-order valence-corrected chi connectivity index (χ3v) is 6.04. The van der Waals surface area contributed by atoms with Crippen molar-refractivity contribution in [2.75, 3.05) is 6.61 Å². The van der Waals surface area contributed by atoms with Gasteiger partial charge in [-0.15, -0.1) is 0 Å². The maximum atomic E-state index is 11.6. The summed E-state index contributed by atoms with van der Waals surface area (Å²) in [7, 11) is -4.16. The van der Waals surface area contributed by atoms with E-state index in [-0.39, 0.29) is 12.4 Å². The number of nitrogens with zero attached hydrogens (tertiary/aromatic N) is 1. The van der Waals surface area contributed by atoms with Crippen LogP contribution < -0.4 is 0 Å². The monoisotopic (exact) mass is 467 g/mol. The molecule has 18 heavy (non-hydrogen) atoms. The molecule has 0 aromatic heterocycles. The van der Waals surface area contributed by atoms with Crippen LogP contribution in [-0.2, 0) is 23.8 Å². The number of allylic oxidation sites excluding steroid dienone is 1. The van der Waals surface area contributed by atoms with Crippen LogP contribution in [-0.4, -0.2) is 22.5 Å². The van der Waals surface area contributed by atoms with Gasteiger partial charge in [0.15, 0.2) is 0 Å². The Kier molecular flexibility index (Phi) is 6.84. The maximum absolute atomic E-state index is 11.6. The van der Waals surface area contributed by atoms with E-state index in [0.29, 0.717) is 0 Å². The number of carbonyl (C=O) groups excluding carboxylic acids is 1. The summed E-state index contributed by atoms with van der Waals surface area (Å²) in [4.78, 5) is 14.2. The van der Waals surface area contributed by atoms with Gasteiger partial charge in [-0.1, -0.05) is 0 Å². The van der Waals surface area contributed by atoms with E-state index in [1.807, 2.05) is 0 Å². The lowest BCUT2D eigenvalue weighted by atomic mass is 10.4. The fourth-order valence-electron chi connectivity index (χ4n) is 0.719. The average Bonchev–Trinajstić information content (AvgIpc) is 2.16. The van der Waals surface area contributed by atoms with Gasteiger partial charge in [-0.3, -0.25) is 4.79 Å². The van der Waals surface area contributed by atoms with Crippen LogP contribution in [0.2, 0.25) is 0 Å². The Hall–Kier alpha value is -0.110. The van der Waals surface area contributed by atoms with Gasteiger partial charge in [0.25, 0.3) is 1.47 Å². The van der Waals surface area contributed by atoms with Crippen molar-refractivity contribution in [3.63, 3.8) is 0 Å². The molecule has 0 saturated carbocycles. The molecule has 0 rings (SSSR count). The minimum Gasteiger partial charge on any atom is -0.471 e. The molecule has 0 fully saturated rings. The summed E-state index contributed by atoms with van der Waals surface area (Å²) in [5.74, 6) is -1.31. The zero-order chi connectivity index (χ0) is 14.6. The number of carbonyl (C=O) groups is 1. The predicted molar refractivity (Wildman–Crippen MR) is 75.5 cm³/mol. The fourth-order valence-corrected chi connectivity index (χ4v) is 1.82. The van der Waals surface area contributed by atoms with Gasteiger partial charge in [0.1, 0.15) is 5.76 Å². The van der Waals surface area contributed by atoms with Crippen molar-refractivity contribution in [3.8, 4) is 0 Å². The second-order valence-corrected chi connectivity index (χ2v) is 12.7. The summed E-state index contributed by atoms with van der Waals surface area (Å²) in [6, 6.07) is 0. The van der Waals surface area contributed by atoms with Crippen molar-refractivity contribution in [2.45, 2.75) is 15.3 Å². The van der Waals surface area contributed by atoms with Gasteiger partial charge >= 0.3 is 21.8 Å². The van der Waals surface area contributed by atoms with Crippen molar-refractivity contribution in [2.24, 2.45) is 0 Å². The molecule has 0 spiro atoms. The minimum absolute atomic E-state index is 0.0666. The average molecular weight is 470 g/mol. The molecule has 102 valence electrons. The molecule has 0 saturated heterocycles. The Morgan fingerprint density at radius 1 is 1.39 bits per heavy atom. The largest absolute Gasteiger partial charge is 0.471 e. The van der Waals surface area contributed by atoms with Crippen molar-refractivity contribution in [1.82, 2.24) is 0 Å². The Bertz CT molecular complexity index is 500. The fraction of sp³-hybridized carbons (Fsp3) is 0.500. The smallest absolute Gasteiger partial charge is 0.344 e. The SMILES string of the molecule is [C-]#[N+]C(C(=O)OCC)=C(C)OS(=O)(=O)C(Br)(Br)Br. The Morgan fingerprint density at radius 2 is 1.89 bits per heavy atom. The van der Waals surface area contributed by atoms with Gasteiger partial charge in [0.05, 0.1) is 13.2 Å². The number of esters is 1. The number of alkyl halides is 3. The molecule has 0 atom stereocenters. The molecule has 10 heteroatoms. The van der Waals surface area contributed by atoms with Crippen LogP contribution in [0.3, 0.4) is 0 Å². The summed E-state index contributed by atoms with van der Waals surface area (Å²) >= 11 is 8.31. The van der Waals surface area contributed by atoms with E-state index < -0.39 is 23.3 Å². The molecular formula is C8H8Br3NO5S. The van der Waals surface area contributed by atoms with Crippen LogP contribution in [0.15, 0.2) is 11.5 Å². The van der Waals surface area contributed by atoms with E-state index in [4.69, 9.17) is 6.57 Å². The van der Waals surface area contributed by atoms with Crippen LogP contribution in [0.5, 0.6) is 0 Å². The Morgan fingerprint density at radius 3 is 2.22 bits per heavy atom. The predicted octanol–water partition coefficient (Wildman–Crippen LogP) is 2.84. The molecule has 0 bridgehead atoms. The molecule has 0 radical (unpaired) electrons. The van der Waals surface area contributed by atoms with Crippen molar-refractivity contribution < 1.29 is 22.1 Å². The molecule has 0 aromatic carbocycles. The van der Waals surface area contributed by atoms with E-state index in [0.717, 1.165) is 0 Å². The number of hydrogen-bond acceptors (Lipinski definition) is 5. The van der Waals surface area contributed by atoms with Crippen LogP contribution in [0.1, 0.15) is 13.8 Å². The quantitative estimate of drug-likeness (QED) is 0.158. The molecule has 0 aliphatic heterocycles. The highest BCUT2D eigenvalue weighted by molar-refractivity contribution is 9.42. The first-order chi connectivity index (χ1) is 8.06. The highest BCUT2D eigenvalue weighted by Crippen LogP contribution is 2.41. The van der Waals surface area contributed by atoms with E-state index in [1.54, 1.807) is 6.92 Å². The lowest BCUT2D eigenvalue weighted by Gasteiger charge is -2.15. The molecule has 0 N–H and O–H groups in total. The van der Waals surface area contributed by atoms with E-state index >= 15 is 0 Å².